The molecule has 0 saturated carbocycles. The summed E-state index contributed by atoms with van der Waals surface area (Å²) in [6.45, 7) is 0.617. The summed E-state index contributed by atoms with van der Waals surface area (Å²) in [6, 6.07) is 11.2. The van der Waals surface area contributed by atoms with E-state index < -0.39 is 21.7 Å². The van der Waals surface area contributed by atoms with Crippen molar-refractivity contribution in [3.8, 4) is 33.9 Å². The highest BCUT2D eigenvalue weighted by molar-refractivity contribution is 7.88. The second kappa shape index (κ2) is 10.7. The summed E-state index contributed by atoms with van der Waals surface area (Å²) < 4.78 is 55.2. The second-order valence-electron chi connectivity index (χ2n) is 10.4. The number of imidazole rings is 1. The Labute approximate surface area is 239 Å². The zero-order chi connectivity index (χ0) is 29.6. The number of halogens is 2. The molecule has 0 radical (unpaired) electrons. The van der Waals surface area contributed by atoms with Crippen LogP contribution < -0.4 is 4.72 Å². The predicted octanol–water partition coefficient (Wildman–Crippen LogP) is 4.62. The van der Waals surface area contributed by atoms with Gasteiger partial charge in [-0.2, -0.15) is 5.10 Å². The first-order chi connectivity index (χ1) is 20.0. The van der Waals surface area contributed by atoms with Crippen molar-refractivity contribution in [1.29, 1.82) is 0 Å². The zero-order valence-electron chi connectivity index (χ0n) is 22.9. The molecule has 214 valence electrons. The highest BCUT2D eigenvalue weighted by Crippen LogP contribution is 2.34. The largest absolute Gasteiger partial charge is 0.337 e. The van der Waals surface area contributed by atoms with E-state index in [0.717, 1.165) is 17.4 Å². The number of sulfonamides is 1. The third kappa shape index (κ3) is 5.62. The molecule has 6 aromatic rings. The molecule has 0 bridgehead atoms. The molecule has 0 atom stereocenters. The minimum atomic E-state index is -3.47. The molecule has 10 nitrogen and oxygen atoms in total. The summed E-state index contributed by atoms with van der Waals surface area (Å²) in [5.41, 5.74) is 5.38. The molecule has 13 heteroatoms. The molecule has 0 unspecified atom stereocenters. The minimum Gasteiger partial charge on any atom is -0.337 e. The van der Waals surface area contributed by atoms with Crippen LogP contribution in [0.1, 0.15) is 11.1 Å². The number of nitrogens with one attached hydrogen (secondary N) is 3. The number of hydrogen-bond donors (Lipinski definition) is 3. The molecule has 0 aliphatic heterocycles. The van der Waals surface area contributed by atoms with E-state index in [2.05, 4.69) is 29.9 Å². The van der Waals surface area contributed by atoms with Crippen molar-refractivity contribution in [3.63, 3.8) is 0 Å². The first-order valence-corrected chi connectivity index (χ1v) is 14.8. The summed E-state index contributed by atoms with van der Waals surface area (Å²) in [5.74, 6) is -0.635. The molecule has 0 fully saturated rings. The summed E-state index contributed by atoms with van der Waals surface area (Å²) in [4.78, 5) is 18.8. The van der Waals surface area contributed by atoms with Gasteiger partial charge in [0.2, 0.25) is 10.0 Å². The maximum Gasteiger partial charge on any atom is 0.209 e. The topological polar surface area (TPSA) is 133 Å². The first kappa shape index (κ1) is 27.6. The molecule has 3 N–H and O–H groups in total. The van der Waals surface area contributed by atoms with Crippen molar-refractivity contribution >= 4 is 32.0 Å². The number of fused-ring (bicyclic) bond motifs is 2. The quantitative estimate of drug-likeness (QED) is 0.236. The van der Waals surface area contributed by atoms with Crippen molar-refractivity contribution in [1.82, 2.24) is 39.8 Å². The van der Waals surface area contributed by atoms with Crippen LogP contribution in [0.3, 0.4) is 0 Å². The molecule has 4 heterocycles. The van der Waals surface area contributed by atoms with Gasteiger partial charge in [0.25, 0.3) is 0 Å². The van der Waals surface area contributed by atoms with Gasteiger partial charge in [0, 0.05) is 48.2 Å². The van der Waals surface area contributed by atoms with Crippen molar-refractivity contribution in [2.24, 2.45) is 0 Å². The van der Waals surface area contributed by atoms with Gasteiger partial charge in [0.05, 0.1) is 17.5 Å². The first-order valence-electron chi connectivity index (χ1n) is 12.9. The third-order valence-corrected chi connectivity index (χ3v) is 7.32. The Bertz CT molecular complexity index is 2070. The number of aromatic nitrogens is 6. The van der Waals surface area contributed by atoms with Gasteiger partial charge in [-0.3, -0.25) is 15.1 Å². The second-order valence-corrected chi connectivity index (χ2v) is 12.2. The lowest BCUT2D eigenvalue weighted by Gasteiger charge is -2.10. The molecule has 42 heavy (non-hydrogen) atoms. The van der Waals surface area contributed by atoms with Gasteiger partial charge in [-0.25, -0.2) is 26.9 Å². The van der Waals surface area contributed by atoms with Gasteiger partial charge in [0.1, 0.15) is 22.5 Å². The van der Waals surface area contributed by atoms with E-state index in [9.17, 15) is 12.8 Å². The Balaban J connectivity index is 1.43. The fraction of sp³-hybridized carbons (Fsp3) is 0.172. The van der Waals surface area contributed by atoms with E-state index in [0.29, 0.717) is 56.9 Å². The van der Waals surface area contributed by atoms with E-state index in [1.807, 2.05) is 31.1 Å². The Kier molecular flexibility index (Phi) is 7.01. The van der Waals surface area contributed by atoms with Gasteiger partial charge in [-0.1, -0.05) is 0 Å². The van der Waals surface area contributed by atoms with Crippen LogP contribution in [0.4, 0.5) is 8.78 Å². The van der Waals surface area contributed by atoms with Crippen LogP contribution in [0, 0.1) is 11.6 Å². The molecule has 2 aromatic carbocycles. The lowest BCUT2D eigenvalue weighted by molar-refractivity contribution is 0.402. The summed E-state index contributed by atoms with van der Waals surface area (Å²) in [6.07, 6.45) is 6.08. The van der Waals surface area contributed by atoms with E-state index in [-0.39, 0.29) is 12.1 Å². The Morgan fingerprint density at radius 3 is 2.55 bits per heavy atom. The fourth-order valence-corrected chi connectivity index (χ4v) is 5.32. The maximum atomic E-state index is 15.2. The van der Waals surface area contributed by atoms with Gasteiger partial charge in [-0.15, -0.1) is 0 Å². The highest BCUT2D eigenvalue weighted by Gasteiger charge is 2.19. The smallest absolute Gasteiger partial charge is 0.209 e. The van der Waals surface area contributed by atoms with Gasteiger partial charge in [0.15, 0.2) is 11.6 Å². The van der Waals surface area contributed by atoms with Crippen molar-refractivity contribution in [3.05, 3.63) is 83.8 Å². The molecule has 0 aliphatic carbocycles. The fourth-order valence-electron chi connectivity index (χ4n) is 4.89. The summed E-state index contributed by atoms with van der Waals surface area (Å²) in [7, 11) is 0.467. The van der Waals surface area contributed by atoms with Crippen molar-refractivity contribution < 1.29 is 17.2 Å². The average Bonchev–Trinajstić information content (AvgIpc) is 3.55. The average molecular weight is 589 g/mol. The lowest BCUT2D eigenvalue weighted by Crippen LogP contribution is -2.21. The summed E-state index contributed by atoms with van der Waals surface area (Å²) >= 11 is 0. The van der Waals surface area contributed by atoms with Crippen LogP contribution in [0.2, 0.25) is 0 Å². The number of rotatable bonds is 8. The van der Waals surface area contributed by atoms with Crippen LogP contribution in [0.25, 0.3) is 55.8 Å². The maximum absolute atomic E-state index is 15.2. The molecule has 0 saturated heterocycles. The van der Waals surface area contributed by atoms with Crippen LogP contribution in [0.5, 0.6) is 0 Å². The lowest BCUT2D eigenvalue weighted by atomic mass is 10.0. The van der Waals surface area contributed by atoms with Crippen LogP contribution in [-0.2, 0) is 23.1 Å². The molecule has 6 rings (SSSR count). The van der Waals surface area contributed by atoms with Crippen LogP contribution in [0.15, 0.2) is 61.1 Å². The number of aromatic amines is 2. The third-order valence-electron chi connectivity index (χ3n) is 6.65. The number of H-pyrrole nitrogens is 2. The van der Waals surface area contributed by atoms with Crippen LogP contribution in [-0.4, -0.2) is 63.8 Å². The van der Waals surface area contributed by atoms with E-state index in [4.69, 9.17) is 4.98 Å². The van der Waals surface area contributed by atoms with Gasteiger partial charge in [-0.05, 0) is 73.3 Å². The molecule has 4 aromatic heterocycles. The number of hydrogen-bond acceptors (Lipinski definition) is 7. The number of pyridine rings is 2. The standard InChI is InChI=1S/C29H26F2N8O2S/c1-39(2)15-17-7-20(14-32-12-17)18-10-22-26(23(31)11-18)37-38-27(22)29-35-24-4-5-33-25(28(24)36-29)19-6-16(8-21(30)9-19)13-34-42(3,40)41/h4-12,14,34H,13,15H2,1-3H3,(H,35,36)(H,37,38). The minimum absolute atomic E-state index is 0.0764. The molecular formula is C29H26F2N8O2S. The van der Waals surface area contributed by atoms with E-state index in [1.54, 1.807) is 30.7 Å². The van der Waals surface area contributed by atoms with Gasteiger partial charge >= 0.3 is 0 Å². The van der Waals surface area contributed by atoms with E-state index in [1.165, 1.54) is 18.2 Å². The summed E-state index contributed by atoms with van der Waals surface area (Å²) in [5, 5.41) is 7.63. The van der Waals surface area contributed by atoms with Crippen molar-refractivity contribution in [2.45, 2.75) is 13.1 Å². The molecule has 0 spiro atoms. The number of nitrogens with zero attached hydrogens (tertiary/aromatic N) is 5. The zero-order valence-corrected chi connectivity index (χ0v) is 23.7. The predicted molar refractivity (Wildman–Crippen MR) is 157 cm³/mol. The van der Waals surface area contributed by atoms with Crippen LogP contribution >= 0.6 is 0 Å². The number of benzene rings is 2. The Morgan fingerprint density at radius 2 is 1.76 bits per heavy atom. The SMILES string of the molecule is CN(C)Cc1cncc(-c2cc(F)c3n[nH]c(-c4nc5c(-c6cc(F)cc(CNS(C)(=O)=O)c6)nccc5[nH]4)c3c2)c1. The Morgan fingerprint density at radius 1 is 0.952 bits per heavy atom. The molecular weight excluding hydrogens is 562 g/mol. The molecule has 0 aliphatic rings. The van der Waals surface area contributed by atoms with Crippen molar-refractivity contribution in [2.75, 3.05) is 20.4 Å². The monoisotopic (exact) mass is 588 g/mol. The molecule has 0 amide bonds. The Hall–Kier alpha value is -4.59. The van der Waals surface area contributed by atoms with Gasteiger partial charge < -0.3 is 9.88 Å². The van der Waals surface area contributed by atoms with E-state index >= 15 is 4.39 Å². The normalized spacial score (nSPS) is 12.1. The highest BCUT2D eigenvalue weighted by atomic mass is 32.2.